The molecule has 1 saturated carbocycles. The van der Waals surface area contributed by atoms with Crippen LogP contribution in [0.25, 0.3) is 0 Å². The monoisotopic (exact) mass is 424 g/mol. The number of rotatable bonds is 13. The van der Waals surface area contributed by atoms with Crippen LogP contribution in [0.15, 0.2) is 35.9 Å². The molecule has 0 heterocycles. The van der Waals surface area contributed by atoms with E-state index in [1.54, 1.807) is 5.57 Å². The van der Waals surface area contributed by atoms with Crippen LogP contribution in [-0.4, -0.2) is 6.61 Å². The Labute approximate surface area is 193 Å². The molecule has 1 atom stereocenters. The third-order valence-corrected chi connectivity index (χ3v) is 8.01. The molecule has 1 fully saturated rings. The third-order valence-electron chi connectivity index (χ3n) is 8.01. The zero-order chi connectivity index (χ0) is 21.8. The van der Waals surface area contributed by atoms with Gasteiger partial charge >= 0.3 is 0 Å². The second kappa shape index (κ2) is 13.3. The Balaban J connectivity index is 1.68. The molecule has 1 aromatic carbocycles. The highest BCUT2D eigenvalue weighted by molar-refractivity contribution is 5.30. The van der Waals surface area contributed by atoms with Crippen LogP contribution in [-0.2, 0) is 0 Å². The Bertz CT molecular complexity index is 635. The van der Waals surface area contributed by atoms with Gasteiger partial charge in [-0.1, -0.05) is 76.2 Å². The van der Waals surface area contributed by atoms with Gasteiger partial charge in [0.25, 0.3) is 0 Å². The fourth-order valence-corrected chi connectivity index (χ4v) is 5.92. The Morgan fingerprint density at radius 2 is 1.65 bits per heavy atom. The molecule has 174 valence electrons. The summed E-state index contributed by atoms with van der Waals surface area (Å²) in [7, 11) is 0. The largest absolute Gasteiger partial charge is 0.494 e. The van der Waals surface area contributed by atoms with Crippen molar-refractivity contribution in [1.29, 1.82) is 0 Å². The molecule has 0 amide bonds. The van der Waals surface area contributed by atoms with Gasteiger partial charge in [-0.3, -0.25) is 0 Å². The molecule has 0 spiro atoms. The summed E-state index contributed by atoms with van der Waals surface area (Å²) in [6, 6.07) is 9.19. The van der Waals surface area contributed by atoms with Gasteiger partial charge in [0, 0.05) is 0 Å². The molecular formula is C30H48O. The number of allylic oxidation sites excluding steroid dienone is 2. The minimum atomic E-state index is 0.636. The maximum Gasteiger partial charge on any atom is 0.119 e. The van der Waals surface area contributed by atoms with Gasteiger partial charge in [-0.15, -0.1) is 0 Å². The molecule has 1 heteroatoms. The van der Waals surface area contributed by atoms with Gasteiger partial charge < -0.3 is 4.74 Å². The lowest BCUT2D eigenvalue weighted by atomic mass is 9.67. The van der Waals surface area contributed by atoms with Crippen LogP contribution in [0.5, 0.6) is 5.75 Å². The van der Waals surface area contributed by atoms with Gasteiger partial charge in [-0.2, -0.15) is 0 Å². The first-order chi connectivity index (χ1) is 15.2. The quantitative estimate of drug-likeness (QED) is 0.226. The Morgan fingerprint density at radius 1 is 0.871 bits per heavy atom. The predicted molar refractivity (Wildman–Crippen MR) is 135 cm³/mol. The van der Waals surface area contributed by atoms with Crippen LogP contribution in [0.1, 0.15) is 134 Å². The fourth-order valence-electron chi connectivity index (χ4n) is 5.92. The number of benzene rings is 1. The van der Waals surface area contributed by atoms with E-state index in [0.717, 1.165) is 18.8 Å². The molecule has 0 radical (unpaired) electrons. The number of ether oxygens (including phenoxy) is 1. The second-order valence-electron chi connectivity index (χ2n) is 10.5. The molecule has 1 nitrogen and oxygen atoms in total. The molecule has 3 rings (SSSR count). The molecule has 1 aromatic rings. The topological polar surface area (TPSA) is 9.23 Å². The van der Waals surface area contributed by atoms with E-state index in [2.05, 4.69) is 44.2 Å². The normalized spacial score (nSPS) is 19.6. The molecule has 0 saturated heterocycles. The predicted octanol–water partition coefficient (Wildman–Crippen LogP) is 9.76. The molecule has 1 unspecified atom stereocenters. The molecule has 0 N–H and O–H groups in total. The summed E-state index contributed by atoms with van der Waals surface area (Å²) in [5.74, 6) is 1.72. The summed E-state index contributed by atoms with van der Waals surface area (Å²) in [5.41, 5.74) is 3.90. The second-order valence-corrected chi connectivity index (χ2v) is 10.5. The van der Waals surface area contributed by atoms with Crippen molar-refractivity contribution in [2.45, 2.75) is 129 Å². The van der Waals surface area contributed by atoms with Gasteiger partial charge in [0.1, 0.15) is 5.75 Å². The molecule has 2 aliphatic carbocycles. The standard InChI is InChI=1S/C30H48O/c1-3-5-20-30(21-11-8-12-22-30)23-19-28(25-26-13-9-7-10-14-26)27-15-17-29(18-16-27)31-24-6-4-2/h13,15-18,28H,3-12,14,19-25H2,1-2H3. The van der Waals surface area contributed by atoms with Gasteiger partial charge in [0.15, 0.2) is 0 Å². The van der Waals surface area contributed by atoms with Gasteiger partial charge in [0.05, 0.1) is 6.61 Å². The lowest BCUT2D eigenvalue weighted by molar-refractivity contribution is 0.145. The van der Waals surface area contributed by atoms with Crippen molar-refractivity contribution in [3.63, 3.8) is 0 Å². The van der Waals surface area contributed by atoms with Crippen LogP contribution in [0.2, 0.25) is 0 Å². The van der Waals surface area contributed by atoms with Gasteiger partial charge in [0.2, 0.25) is 0 Å². The van der Waals surface area contributed by atoms with Crippen LogP contribution in [0.4, 0.5) is 0 Å². The Morgan fingerprint density at radius 3 is 2.32 bits per heavy atom. The first-order valence-corrected chi connectivity index (χ1v) is 13.7. The van der Waals surface area contributed by atoms with Gasteiger partial charge in [-0.05, 0) is 99.7 Å². The van der Waals surface area contributed by atoms with Crippen molar-refractivity contribution in [1.82, 2.24) is 0 Å². The summed E-state index contributed by atoms with van der Waals surface area (Å²) in [6.07, 6.45) is 25.9. The van der Waals surface area contributed by atoms with Crippen LogP contribution in [0, 0.1) is 5.41 Å². The first-order valence-electron chi connectivity index (χ1n) is 13.7. The van der Waals surface area contributed by atoms with Gasteiger partial charge in [-0.25, -0.2) is 0 Å². The van der Waals surface area contributed by atoms with Crippen molar-refractivity contribution in [3.8, 4) is 5.75 Å². The third kappa shape index (κ3) is 7.99. The van der Waals surface area contributed by atoms with Crippen molar-refractivity contribution < 1.29 is 4.74 Å². The minimum absolute atomic E-state index is 0.636. The summed E-state index contributed by atoms with van der Waals surface area (Å²) in [4.78, 5) is 0. The average molecular weight is 425 g/mol. The molecule has 0 aliphatic heterocycles. The number of unbranched alkanes of at least 4 members (excludes halogenated alkanes) is 2. The van der Waals surface area contributed by atoms with Crippen molar-refractivity contribution >= 4 is 0 Å². The molecular weight excluding hydrogens is 376 g/mol. The summed E-state index contributed by atoms with van der Waals surface area (Å²) >= 11 is 0. The van der Waals surface area contributed by atoms with E-state index in [1.807, 2.05) is 0 Å². The van der Waals surface area contributed by atoms with E-state index in [0.29, 0.717) is 11.3 Å². The van der Waals surface area contributed by atoms with Crippen molar-refractivity contribution in [3.05, 3.63) is 41.5 Å². The van der Waals surface area contributed by atoms with E-state index in [4.69, 9.17) is 4.74 Å². The highest BCUT2D eigenvalue weighted by Crippen LogP contribution is 2.46. The first kappa shape index (κ1) is 24.4. The molecule has 0 bridgehead atoms. The summed E-state index contributed by atoms with van der Waals surface area (Å²) < 4.78 is 5.94. The lowest BCUT2D eigenvalue weighted by Gasteiger charge is -2.39. The smallest absolute Gasteiger partial charge is 0.119 e. The Hall–Kier alpha value is -1.24. The van der Waals surface area contributed by atoms with Crippen molar-refractivity contribution in [2.75, 3.05) is 6.61 Å². The number of hydrogen-bond acceptors (Lipinski definition) is 1. The highest BCUT2D eigenvalue weighted by Gasteiger charge is 2.32. The Kier molecular flexibility index (Phi) is 10.5. The van der Waals surface area contributed by atoms with E-state index >= 15 is 0 Å². The highest BCUT2D eigenvalue weighted by atomic mass is 16.5. The van der Waals surface area contributed by atoms with Crippen LogP contribution < -0.4 is 4.74 Å². The maximum absolute atomic E-state index is 5.94. The minimum Gasteiger partial charge on any atom is -0.494 e. The van der Waals surface area contributed by atoms with E-state index in [1.165, 1.54) is 108 Å². The average Bonchev–Trinajstić information content (AvgIpc) is 2.82. The zero-order valence-electron chi connectivity index (χ0n) is 20.6. The van der Waals surface area contributed by atoms with E-state index in [-0.39, 0.29) is 0 Å². The molecule has 2 aliphatic rings. The summed E-state index contributed by atoms with van der Waals surface area (Å²) in [6.45, 7) is 5.42. The lowest BCUT2D eigenvalue weighted by Crippen LogP contribution is -2.25. The maximum atomic E-state index is 5.94. The number of hydrogen-bond donors (Lipinski definition) is 0. The van der Waals surface area contributed by atoms with Crippen molar-refractivity contribution in [2.24, 2.45) is 5.41 Å². The molecule has 31 heavy (non-hydrogen) atoms. The SMILES string of the molecule is CCCCOc1ccc(C(CCC2(CCCC)CCCCC2)CC2=CCCCC2)cc1. The zero-order valence-corrected chi connectivity index (χ0v) is 20.6. The van der Waals surface area contributed by atoms with E-state index in [9.17, 15) is 0 Å². The van der Waals surface area contributed by atoms with Crippen LogP contribution in [0.3, 0.4) is 0 Å². The van der Waals surface area contributed by atoms with E-state index < -0.39 is 0 Å². The summed E-state index contributed by atoms with van der Waals surface area (Å²) in [5, 5.41) is 0. The fraction of sp³-hybridized carbons (Fsp3) is 0.733. The van der Waals surface area contributed by atoms with Crippen LogP contribution >= 0.6 is 0 Å². The molecule has 0 aromatic heterocycles.